The standard InChI is InChI=1S/C16H20N4O6/c1-9-15(20(24)25)10(2)19(17-9)6-5-14(21)18(4)8-12-7-13(16(22)23)11(3)26-12/h7H,5-6,8H2,1-4H3,(H,22,23). The third-order valence-electron chi connectivity index (χ3n) is 4.08. The molecule has 0 atom stereocenters. The summed E-state index contributed by atoms with van der Waals surface area (Å²) in [5, 5.41) is 24.1. The first-order valence-corrected chi connectivity index (χ1v) is 7.86. The predicted molar refractivity (Wildman–Crippen MR) is 89.9 cm³/mol. The molecule has 0 aliphatic carbocycles. The van der Waals surface area contributed by atoms with Crippen LogP contribution in [0, 0.1) is 30.9 Å². The molecule has 0 bridgehead atoms. The lowest BCUT2D eigenvalue weighted by Gasteiger charge is -2.15. The van der Waals surface area contributed by atoms with Gasteiger partial charge in [-0.2, -0.15) is 5.10 Å². The van der Waals surface area contributed by atoms with Crippen LogP contribution in [0.15, 0.2) is 10.5 Å². The SMILES string of the molecule is Cc1nn(CCC(=O)N(C)Cc2cc(C(=O)O)c(C)o2)c(C)c1[N+](=O)[O-]. The molecule has 0 aromatic carbocycles. The molecule has 0 aliphatic heterocycles. The van der Waals surface area contributed by atoms with E-state index in [0.717, 1.165) is 0 Å². The number of nitro groups is 1. The number of hydrogen-bond acceptors (Lipinski definition) is 6. The first-order valence-electron chi connectivity index (χ1n) is 7.86. The highest BCUT2D eigenvalue weighted by Crippen LogP contribution is 2.22. The van der Waals surface area contributed by atoms with Crippen molar-refractivity contribution < 1.29 is 24.0 Å². The van der Waals surface area contributed by atoms with Crippen LogP contribution in [0.1, 0.15) is 39.7 Å². The zero-order chi connectivity index (χ0) is 19.6. The summed E-state index contributed by atoms with van der Waals surface area (Å²) in [7, 11) is 1.57. The summed E-state index contributed by atoms with van der Waals surface area (Å²) in [6.07, 6.45) is 0.0983. The quantitative estimate of drug-likeness (QED) is 0.587. The van der Waals surface area contributed by atoms with Crippen molar-refractivity contribution in [1.82, 2.24) is 14.7 Å². The molecule has 10 heteroatoms. The number of aromatic carboxylic acids is 1. The van der Waals surface area contributed by atoms with Crippen LogP contribution in [0.2, 0.25) is 0 Å². The third kappa shape index (κ3) is 3.90. The number of amides is 1. The number of carboxylic acid groups (broad SMARTS) is 1. The lowest BCUT2D eigenvalue weighted by atomic mass is 10.2. The number of rotatable bonds is 7. The van der Waals surface area contributed by atoms with E-state index in [1.54, 1.807) is 27.8 Å². The Hall–Kier alpha value is -3.17. The van der Waals surface area contributed by atoms with Gasteiger partial charge < -0.3 is 14.4 Å². The Bertz CT molecular complexity index is 866. The normalized spacial score (nSPS) is 10.8. The van der Waals surface area contributed by atoms with E-state index in [4.69, 9.17) is 9.52 Å². The number of carbonyl (C=O) groups is 2. The second kappa shape index (κ2) is 7.38. The summed E-state index contributed by atoms with van der Waals surface area (Å²) in [6, 6.07) is 1.39. The van der Waals surface area contributed by atoms with Gasteiger partial charge in [0.25, 0.3) is 0 Å². The van der Waals surface area contributed by atoms with Crippen LogP contribution in [0.25, 0.3) is 0 Å². The number of nitrogens with zero attached hydrogens (tertiary/aromatic N) is 4. The molecule has 2 rings (SSSR count). The minimum atomic E-state index is -1.09. The lowest BCUT2D eigenvalue weighted by molar-refractivity contribution is -0.386. The van der Waals surface area contributed by atoms with E-state index < -0.39 is 10.9 Å². The number of carbonyl (C=O) groups excluding carboxylic acids is 1. The summed E-state index contributed by atoms with van der Waals surface area (Å²) >= 11 is 0. The summed E-state index contributed by atoms with van der Waals surface area (Å²) in [4.78, 5) is 35.2. The minimum Gasteiger partial charge on any atom is -0.478 e. The van der Waals surface area contributed by atoms with Crippen LogP contribution < -0.4 is 0 Å². The predicted octanol–water partition coefficient (Wildman–Crippen LogP) is 2.06. The largest absolute Gasteiger partial charge is 0.478 e. The van der Waals surface area contributed by atoms with Crippen molar-refractivity contribution >= 4 is 17.6 Å². The van der Waals surface area contributed by atoms with Gasteiger partial charge in [-0.15, -0.1) is 0 Å². The Morgan fingerprint density at radius 3 is 2.54 bits per heavy atom. The number of furan rings is 1. The van der Waals surface area contributed by atoms with Gasteiger partial charge in [0.05, 0.1) is 18.0 Å². The Morgan fingerprint density at radius 2 is 2.04 bits per heavy atom. The van der Waals surface area contributed by atoms with Gasteiger partial charge in [0.2, 0.25) is 5.91 Å². The summed E-state index contributed by atoms with van der Waals surface area (Å²) in [5.41, 5.74) is 0.727. The highest BCUT2D eigenvalue weighted by Gasteiger charge is 2.22. The van der Waals surface area contributed by atoms with Crippen molar-refractivity contribution in [3.8, 4) is 0 Å². The molecule has 0 unspecified atom stereocenters. The van der Waals surface area contributed by atoms with Crippen molar-refractivity contribution in [2.75, 3.05) is 7.05 Å². The van der Waals surface area contributed by atoms with Gasteiger partial charge in [0, 0.05) is 13.5 Å². The molecule has 2 aromatic rings. The van der Waals surface area contributed by atoms with Crippen molar-refractivity contribution in [3.05, 3.63) is 44.7 Å². The molecule has 0 fully saturated rings. The molecular formula is C16H20N4O6. The van der Waals surface area contributed by atoms with Gasteiger partial charge in [-0.05, 0) is 26.8 Å². The Labute approximate surface area is 149 Å². The van der Waals surface area contributed by atoms with E-state index in [2.05, 4.69) is 5.10 Å². The average molecular weight is 364 g/mol. The average Bonchev–Trinajstić information content (AvgIpc) is 3.04. The van der Waals surface area contributed by atoms with E-state index in [-0.39, 0.29) is 42.4 Å². The minimum absolute atomic E-state index is 0.0435. The van der Waals surface area contributed by atoms with Crippen molar-refractivity contribution in [3.63, 3.8) is 0 Å². The third-order valence-corrected chi connectivity index (χ3v) is 4.08. The number of hydrogen-bond donors (Lipinski definition) is 1. The molecule has 2 heterocycles. The topological polar surface area (TPSA) is 132 Å². The summed E-state index contributed by atoms with van der Waals surface area (Å²) in [5.74, 6) is -0.649. The maximum absolute atomic E-state index is 12.3. The Kier molecular flexibility index (Phi) is 5.44. The Morgan fingerprint density at radius 1 is 1.38 bits per heavy atom. The Balaban J connectivity index is 2.00. The molecule has 0 aliphatic rings. The molecule has 10 nitrogen and oxygen atoms in total. The number of carboxylic acids is 1. The zero-order valence-corrected chi connectivity index (χ0v) is 15.0. The zero-order valence-electron chi connectivity index (χ0n) is 15.0. The molecule has 0 spiro atoms. The van der Waals surface area contributed by atoms with Crippen LogP contribution in [0.4, 0.5) is 5.69 Å². The van der Waals surface area contributed by atoms with Crippen molar-refractivity contribution in [2.24, 2.45) is 0 Å². The molecule has 140 valence electrons. The molecule has 0 radical (unpaired) electrons. The van der Waals surface area contributed by atoms with Crippen molar-refractivity contribution in [2.45, 2.75) is 40.3 Å². The van der Waals surface area contributed by atoms with Gasteiger partial charge in [0.15, 0.2) is 0 Å². The van der Waals surface area contributed by atoms with Gasteiger partial charge in [-0.25, -0.2) is 4.79 Å². The first kappa shape index (κ1) is 19.2. The van der Waals surface area contributed by atoms with Crippen LogP contribution in [0.3, 0.4) is 0 Å². The summed E-state index contributed by atoms with van der Waals surface area (Å²) < 4.78 is 6.80. The smallest absolute Gasteiger partial charge is 0.339 e. The van der Waals surface area contributed by atoms with E-state index in [0.29, 0.717) is 17.1 Å². The van der Waals surface area contributed by atoms with E-state index in [1.807, 2.05) is 0 Å². The molecule has 0 saturated carbocycles. The van der Waals surface area contributed by atoms with Crippen molar-refractivity contribution in [1.29, 1.82) is 0 Å². The molecule has 0 saturated heterocycles. The molecule has 2 aromatic heterocycles. The first-order chi connectivity index (χ1) is 12.1. The fourth-order valence-electron chi connectivity index (χ4n) is 2.72. The lowest BCUT2D eigenvalue weighted by Crippen LogP contribution is -2.27. The maximum Gasteiger partial charge on any atom is 0.339 e. The molecule has 26 heavy (non-hydrogen) atoms. The van der Waals surface area contributed by atoms with E-state index >= 15 is 0 Å². The second-order valence-corrected chi connectivity index (χ2v) is 5.99. The molecule has 1 N–H and O–H groups in total. The molecule has 1 amide bonds. The van der Waals surface area contributed by atoms with E-state index in [9.17, 15) is 19.7 Å². The molecular weight excluding hydrogens is 344 g/mol. The number of aryl methyl sites for hydroxylation is 3. The van der Waals surface area contributed by atoms with Crippen LogP contribution in [-0.2, 0) is 17.9 Å². The number of aromatic nitrogens is 2. The fraction of sp³-hybridized carbons (Fsp3) is 0.438. The van der Waals surface area contributed by atoms with Crippen LogP contribution in [0.5, 0.6) is 0 Å². The van der Waals surface area contributed by atoms with Gasteiger partial charge in [-0.3, -0.25) is 19.6 Å². The second-order valence-electron chi connectivity index (χ2n) is 5.99. The van der Waals surface area contributed by atoms with Gasteiger partial charge in [-0.1, -0.05) is 0 Å². The monoisotopic (exact) mass is 364 g/mol. The maximum atomic E-state index is 12.3. The highest BCUT2D eigenvalue weighted by atomic mass is 16.6. The fourth-order valence-corrected chi connectivity index (χ4v) is 2.72. The van der Waals surface area contributed by atoms with Crippen LogP contribution >= 0.6 is 0 Å². The summed E-state index contributed by atoms with van der Waals surface area (Å²) in [6.45, 7) is 5.02. The highest BCUT2D eigenvalue weighted by molar-refractivity contribution is 5.88. The van der Waals surface area contributed by atoms with Gasteiger partial charge >= 0.3 is 11.7 Å². The van der Waals surface area contributed by atoms with E-state index in [1.165, 1.54) is 15.6 Å². The van der Waals surface area contributed by atoms with Gasteiger partial charge in [0.1, 0.15) is 28.5 Å². The van der Waals surface area contributed by atoms with Crippen LogP contribution in [-0.4, -0.2) is 43.6 Å².